The molecule has 18 heavy (non-hydrogen) atoms. The zero-order chi connectivity index (χ0) is 13.2. The second-order valence-corrected chi connectivity index (χ2v) is 6.02. The van der Waals surface area contributed by atoms with E-state index in [1.807, 2.05) is 24.3 Å². The summed E-state index contributed by atoms with van der Waals surface area (Å²) in [5, 5.41) is 2.62. The van der Waals surface area contributed by atoms with E-state index in [-0.39, 0.29) is 5.41 Å². The largest absolute Gasteiger partial charge is 0.477 e. The molecule has 0 aliphatic carbocycles. The standard InChI is InChI=1S/C15H18ClNO/c1-15(2,3)8-9-18-14-12-7-5-4-6-11(12)13(16)10-17-14/h4-7,10H,8-9H2,1-3H3. The zero-order valence-corrected chi connectivity index (χ0v) is 11.8. The Balaban J connectivity index is 2.21. The summed E-state index contributed by atoms with van der Waals surface area (Å²) in [5.74, 6) is 0.666. The van der Waals surface area contributed by atoms with Gasteiger partial charge in [0.25, 0.3) is 0 Å². The van der Waals surface area contributed by atoms with Crippen molar-refractivity contribution >= 4 is 22.4 Å². The number of aromatic nitrogens is 1. The lowest BCUT2D eigenvalue weighted by Gasteiger charge is -2.18. The van der Waals surface area contributed by atoms with Crippen LogP contribution in [-0.2, 0) is 0 Å². The summed E-state index contributed by atoms with van der Waals surface area (Å²) in [4.78, 5) is 4.27. The van der Waals surface area contributed by atoms with Crippen LogP contribution in [0.1, 0.15) is 27.2 Å². The molecule has 0 spiro atoms. The molecule has 0 N–H and O–H groups in total. The number of halogens is 1. The molecule has 2 rings (SSSR count). The third-order valence-corrected chi connectivity index (χ3v) is 3.10. The minimum Gasteiger partial charge on any atom is -0.477 e. The van der Waals surface area contributed by atoms with Gasteiger partial charge in [0.15, 0.2) is 0 Å². The van der Waals surface area contributed by atoms with Gasteiger partial charge in [-0.05, 0) is 17.9 Å². The Morgan fingerprint density at radius 1 is 1.17 bits per heavy atom. The first kappa shape index (κ1) is 13.2. The smallest absolute Gasteiger partial charge is 0.221 e. The van der Waals surface area contributed by atoms with Crippen LogP contribution in [0.3, 0.4) is 0 Å². The van der Waals surface area contributed by atoms with Crippen LogP contribution in [0.2, 0.25) is 5.02 Å². The summed E-state index contributed by atoms with van der Waals surface area (Å²) in [7, 11) is 0. The molecule has 0 bridgehead atoms. The third-order valence-electron chi connectivity index (χ3n) is 2.80. The van der Waals surface area contributed by atoms with Crippen molar-refractivity contribution in [3.8, 4) is 5.88 Å². The highest BCUT2D eigenvalue weighted by molar-refractivity contribution is 6.35. The molecule has 0 aliphatic heterocycles. The molecular weight excluding hydrogens is 246 g/mol. The van der Waals surface area contributed by atoms with E-state index in [9.17, 15) is 0 Å². The second-order valence-electron chi connectivity index (χ2n) is 5.62. The van der Waals surface area contributed by atoms with Crippen molar-refractivity contribution < 1.29 is 4.74 Å². The normalized spacial score (nSPS) is 11.8. The lowest BCUT2D eigenvalue weighted by Crippen LogP contribution is -2.11. The van der Waals surface area contributed by atoms with E-state index in [1.165, 1.54) is 0 Å². The highest BCUT2D eigenvalue weighted by atomic mass is 35.5. The van der Waals surface area contributed by atoms with E-state index in [0.717, 1.165) is 17.2 Å². The molecule has 0 fully saturated rings. The molecule has 96 valence electrons. The number of fused-ring (bicyclic) bond motifs is 1. The first-order valence-electron chi connectivity index (χ1n) is 6.13. The molecule has 2 nitrogen and oxygen atoms in total. The summed E-state index contributed by atoms with van der Waals surface area (Å²) >= 11 is 6.12. The van der Waals surface area contributed by atoms with Crippen LogP contribution in [0.15, 0.2) is 30.5 Å². The molecule has 3 heteroatoms. The lowest BCUT2D eigenvalue weighted by molar-refractivity contribution is 0.238. The quantitative estimate of drug-likeness (QED) is 0.801. The predicted octanol–water partition coefficient (Wildman–Crippen LogP) is 4.70. The average Bonchev–Trinajstić information content (AvgIpc) is 2.31. The third kappa shape index (κ3) is 3.14. The molecule has 0 aliphatic rings. The van der Waals surface area contributed by atoms with Crippen LogP contribution in [0.25, 0.3) is 10.8 Å². The Labute approximate surface area is 113 Å². The van der Waals surface area contributed by atoms with Crippen molar-refractivity contribution in [2.24, 2.45) is 5.41 Å². The molecule has 0 amide bonds. The number of hydrogen-bond acceptors (Lipinski definition) is 2. The van der Waals surface area contributed by atoms with Crippen molar-refractivity contribution in [3.05, 3.63) is 35.5 Å². The zero-order valence-electron chi connectivity index (χ0n) is 11.0. The molecule has 1 heterocycles. The van der Waals surface area contributed by atoms with Crippen LogP contribution in [-0.4, -0.2) is 11.6 Å². The van der Waals surface area contributed by atoms with Crippen molar-refractivity contribution in [2.75, 3.05) is 6.61 Å². The van der Waals surface area contributed by atoms with Gasteiger partial charge < -0.3 is 4.74 Å². The van der Waals surface area contributed by atoms with Gasteiger partial charge in [-0.25, -0.2) is 4.98 Å². The first-order chi connectivity index (χ1) is 8.47. The molecule has 0 saturated heterocycles. The van der Waals surface area contributed by atoms with Crippen LogP contribution in [0.5, 0.6) is 5.88 Å². The number of rotatable bonds is 3. The second kappa shape index (κ2) is 5.15. The highest BCUT2D eigenvalue weighted by Gasteiger charge is 2.11. The number of pyridine rings is 1. The van der Waals surface area contributed by atoms with Gasteiger partial charge in [-0.1, -0.05) is 50.6 Å². The maximum Gasteiger partial charge on any atom is 0.221 e. The van der Waals surface area contributed by atoms with E-state index in [4.69, 9.17) is 16.3 Å². The van der Waals surface area contributed by atoms with Crippen LogP contribution < -0.4 is 4.74 Å². The van der Waals surface area contributed by atoms with Gasteiger partial charge in [0.2, 0.25) is 5.88 Å². The van der Waals surface area contributed by atoms with E-state index >= 15 is 0 Å². The number of hydrogen-bond donors (Lipinski definition) is 0. The molecule has 0 radical (unpaired) electrons. The fourth-order valence-electron chi connectivity index (χ4n) is 1.70. The van der Waals surface area contributed by atoms with Gasteiger partial charge >= 0.3 is 0 Å². The van der Waals surface area contributed by atoms with Gasteiger partial charge in [-0.2, -0.15) is 0 Å². The van der Waals surface area contributed by atoms with Crippen molar-refractivity contribution in [2.45, 2.75) is 27.2 Å². The summed E-state index contributed by atoms with van der Waals surface area (Å²) in [6.45, 7) is 7.26. The van der Waals surface area contributed by atoms with Gasteiger partial charge in [0, 0.05) is 10.8 Å². The monoisotopic (exact) mass is 263 g/mol. The first-order valence-corrected chi connectivity index (χ1v) is 6.51. The van der Waals surface area contributed by atoms with Crippen LogP contribution >= 0.6 is 11.6 Å². The summed E-state index contributed by atoms with van der Waals surface area (Å²) in [5.41, 5.74) is 0.266. The minimum atomic E-state index is 0.266. The van der Waals surface area contributed by atoms with E-state index < -0.39 is 0 Å². The molecule has 1 aromatic carbocycles. The Kier molecular flexibility index (Phi) is 3.76. The van der Waals surface area contributed by atoms with Gasteiger partial charge in [0.05, 0.1) is 17.8 Å². The topological polar surface area (TPSA) is 22.1 Å². The van der Waals surface area contributed by atoms with Gasteiger partial charge in [-0.15, -0.1) is 0 Å². The van der Waals surface area contributed by atoms with E-state index in [0.29, 0.717) is 17.5 Å². The molecular formula is C15H18ClNO. The predicted molar refractivity (Wildman–Crippen MR) is 76.3 cm³/mol. The fraction of sp³-hybridized carbons (Fsp3) is 0.400. The van der Waals surface area contributed by atoms with E-state index in [2.05, 4.69) is 25.8 Å². The SMILES string of the molecule is CC(C)(C)CCOc1ncc(Cl)c2ccccc12. The number of ether oxygens (including phenoxy) is 1. The average molecular weight is 264 g/mol. The van der Waals surface area contributed by atoms with Crippen molar-refractivity contribution in [1.82, 2.24) is 4.98 Å². The number of nitrogens with zero attached hydrogens (tertiary/aromatic N) is 1. The molecule has 0 saturated carbocycles. The highest BCUT2D eigenvalue weighted by Crippen LogP contribution is 2.29. The van der Waals surface area contributed by atoms with E-state index in [1.54, 1.807) is 6.20 Å². The maximum absolute atomic E-state index is 6.12. The molecule has 0 unspecified atom stereocenters. The van der Waals surface area contributed by atoms with Crippen LogP contribution in [0, 0.1) is 5.41 Å². The Morgan fingerprint density at radius 3 is 2.50 bits per heavy atom. The summed E-state index contributed by atoms with van der Waals surface area (Å²) in [6.07, 6.45) is 2.64. The summed E-state index contributed by atoms with van der Waals surface area (Å²) in [6, 6.07) is 7.90. The minimum absolute atomic E-state index is 0.266. The summed E-state index contributed by atoms with van der Waals surface area (Å²) < 4.78 is 5.78. The molecule has 2 aromatic rings. The number of benzene rings is 1. The Morgan fingerprint density at radius 2 is 1.83 bits per heavy atom. The molecule has 1 aromatic heterocycles. The lowest BCUT2D eigenvalue weighted by atomic mass is 9.93. The Bertz CT molecular complexity index is 546. The molecule has 0 atom stereocenters. The van der Waals surface area contributed by atoms with Crippen LogP contribution in [0.4, 0.5) is 0 Å². The maximum atomic E-state index is 6.12. The fourth-order valence-corrected chi connectivity index (χ4v) is 1.91. The van der Waals surface area contributed by atoms with Crippen molar-refractivity contribution in [3.63, 3.8) is 0 Å². The van der Waals surface area contributed by atoms with Gasteiger partial charge in [-0.3, -0.25) is 0 Å². The van der Waals surface area contributed by atoms with Gasteiger partial charge in [0.1, 0.15) is 0 Å². The Hall–Kier alpha value is -1.28. The van der Waals surface area contributed by atoms with Crippen molar-refractivity contribution in [1.29, 1.82) is 0 Å².